The molecule has 0 aromatic carbocycles. The van der Waals surface area contributed by atoms with E-state index in [-0.39, 0.29) is 6.04 Å². The first-order chi connectivity index (χ1) is 15.5. The minimum atomic E-state index is 0.262. The van der Waals surface area contributed by atoms with Crippen molar-refractivity contribution in [2.45, 2.75) is 46.2 Å². The number of aromatic nitrogens is 5. The number of pyridine rings is 1. The summed E-state index contributed by atoms with van der Waals surface area (Å²) >= 11 is 0. The lowest BCUT2D eigenvalue weighted by atomic mass is 10.2. The van der Waals surface area contributed by atoms with Crippen molar-refractivity contribution in [3.05, 3.63) is 29.6 Å². The van der Waals surface area contributed by atoms with Crippen LogP contribution in [0.5, 0.6) is 0 Å². The van der Waals surface area contributed by atoms with E-state index in [0.29, 0.717) is 25.7 Å². The number of nitrogens with zero attached hydrogens (tertiary/aromatic N) is 7. The van der Waals surface area contributed by atoms with Crippen LogP contribution in [0.25, 0.3) is 11.0 Å². The normalized spacial score (nSPS) is 16.7. The van der Waals surface area contributed by atoms with E-state index in [1.807, 2.05) is 30.9 Å². The van der Waals surface area contributed by atoms with Gasteiger partial charge in [-0.15, -0.1) is 0 Å². The van der Waals surface area contributed by atoms with Gasteiger partial charge >= 0.3 is 0 Å². The summed E-state index contributed by atoms with van der Waals surface area (Å²) < 4.78 is 7.66. The van der Waals surface area contributed by atoms with Gasteiger partial charge in [-0.2, -0.15) is 10.1 Å². The van der Waals surface area contributed by atoms with Gasteiger partial charge in [0, 0.05) is 26.4 Å². The summed E-state index contributed by atoms with van der Waals surface area (Å²) in [4.78, 5) is 19.2. The first kappa shape index (κ1) is 22.4. The maximum Gasteiger partial charge on any atom is 0.225 e. The van der Waals surface area contributed by atoms with Gasteiger partial charge in [-0.3, -0.25) is 4.68 Å². The molecule has 9 heteroatoms. The third-order valence-electron chi connectivity index (χ3n) is 5.96. The summed E-state index contributed by atoms with van der Waals surface area (Å²) in [6, 6.07) is 4.42. The molecule has 4 heterocycles. The fraction of sp³-hybridized carbons (Fsp3) is 0.565. The molecule has 0 radical (unpaired) electrons. The van der Waals surface area contributed by atoms with E-state index >= 15 is 0 Å². The fourth-order valence-electron chi connectivity index (χ4n) is 4.34. The van der Waals surface area contributed by atoms with Gasteiger partial charge in [0.15, 0.2) is 5.82 Å². The van der Waals surface area contributed by atoms with Crippen molar-refractivity contribution in [1.82, 2.24) is 29.6 Å². The second kappa shape index (κ2) is 9.79. The molecule has 0 amide bonds. The Morgan fingerprint density at radius 1 is 1.28 bits per heavy atom. The van der Waals surface area contributed by atoms with E-state index in [1.54, 1.807) is 0 Å². The minimum Gasteiger partial charge on any atom is -0.380 e. The third kappa shape index (κ3) is 4.40. The van der Waals surface area contributed by atoms with Crippen molar-refractivity contribution in [2.24, 2.45) is 0 Å². The quantitative estimate of drug-likeness (QED) is 0.511. The molecule has 1 aliphatic rings. The van der Waals surface area contributed by atoms with E-state index in [1.165, 1.54) is 5.56 Å². The Morgan fingerprint density at radius 2 is 2.12 bits per heavy atom. The first-order valence-corrected chi connectivity index (χ1v) is 11.5. The minimum absolute atomic E-state index is 0.262. The predicted molar refractivity (Wildman–Crippen MR) is 128 cm³/mol. The molecule has 1 atom stereocenters. The van der Waals surface area contributed by atoms with Crippen LogP contribution in [0, 0.1) is 6.92 Å². The Bertz CT molecular complexity index is 1070. The van der Waals surface area contributed by atoms with E-state index in [2.05, 4.69) is 42.1 Å². The van der Waals surface area contributed by atoms with Gasteiger partial charge in [0.1, 0.15) is 16.9 Å². The molecule has 172 valence electrons. The molecule has 0 bridgehead atoms. The monoisotopic (exact) mass is 438 g/mol. The molecule has 4 rings (SSSR count). The molecule has 0 unspecified atom stereocenters. The average molecular weight is 439 g/mol. The molecule has 1 saturated heterocycles. The largest absolute Gasteiger partial charge is 0.380 e. The van der Waals surface area contributed by atoms with Crippen molar-refractivity contribution in [3.8, 4) is 0 Å². The maximum atomic E-state index is 5.64. The van der Waals surface area contributed by atoms with Crippen molar-refractivity contribution in [2.75, 3.05) is 50.6 Å². The highest BCUT2D eigenvalue weighted by molar-refractivity contribution is 5.91. The standard InChI is InChI=1S/C23H34N8O/c1-6-18-20-21(30(28-18)12-13-32-7-2)22(27-23(24-4)26-20)31(17-9-11-29(5)15-17)19-14-16(3)8-10-25-19/h8,10,14,17H,6-7,9,11-13,15H2,1-5H3,(H,24,26,27)/t17-/m0/s1. The average Bonchev–Trinajstić information content (AvgIpc) is 3.37. The van der Waals surface area contributed by atoms with Crippen LogP contribution in [0.15, 0.2) is 18.3 Å². The van der Waals surface area contributed by atoms with Gasteiger partial charge in [0.25, 0.3) is 0 Å². The molecule has 0 aliphatic carbocycles. The molecule has 3 aromatic rings. The van der Waals surface area contributed by atoms with Crippen LogP contribution in [0.3, 0.4) is 0 Å². The molecule has 3 aromatic heterocycles. The summed E-state index contributed by atoms with van der Waals surface area (Å²) in [6.45, 7) is 10.1. The zero-order valence-corrected chi connectivity index (χ0v) is 19.8. The zero-order chi connectivity index (χ0) is 22.7. The SMILES string of the molecule is CCOCCn1nc(CC)c2nc(NC)nc(N(c3cc(C)ccn3)[C@H]3CCN(C)C3)c21. The number of anilines is 3. The van der Waals surface area contributed by atoms with Gasteiger partial charge in [0.2, 0.25) is 5.95 Å². The van der Waals surface area contributed by atoms with Gasteiger partial charge in [0.05, 0.1) is 24.9 Å². The molecule has 32 heavy (non-hydrogen) atoms. The summed E-state index contributed by atoms with van der Waals surface area (Å²) in [5.41, 5.74) is 3.97. The molecule has 0 spiro atoms. The molecular weight excluding hydrogens is 404 g/mol. The van der Waals surface area contributed by atoms with Gasteiger partial charge < -0.3 is 19.9 Å². The number of rotatable bonds is 9. The number of ether oxygens (including phenoxy) is 1. The van der Waals surface area contributed by atoms with Crippen LogP contribution in [-0.2, 0) is 17.7 Å². The van der Waals surface area contributed by atoms with E-state index < -0.39 is 0 Å². The summed E-state index contributed by atoms with van der Waals surface area (Å²) in [7, 11) is 4.02. The summed E-state index contributed by atoms with van der Waals surface area (Å²) in [5.74, 6) is 2.35. The number of fused-ring (bicyclic) bond motifs is 1. The second-order valence-corrected chi connectivity index (χ2v) is 8.30. The van der Waals surface area contributed by atoms with E-state index in [0.717, 1.165) is 54.3 Å². The summed E-state index contributed by atoms with van der Waals surface area (Å²) in [6.07, 6.45) is 3.71. The van der Waals surface area contributed by atoms with Crippen LogP contribution in [0.4, 0.5) is 17.6 Å². The lowest BCUT2D eigenvalue weighted by Gasteiger charge is -2.30. The zero-order valence-electron chi connectivity index (χ0n) is 19.8. The van der Waals surface area contributed by atoms with Crippen molar-refractivity contribution in [3.63, 3.8) is 0 Å². The topological polar surface area (TPSA) is 84.2 Å². The Morgan fingerprint density at radius 3 is 2.78 bits per heavy atom. The Labute approximate surface area is 189 Å². The molecule has 1 aliphatic heterocycles. The van der Waals surface area contributed by atoms with Gasteiger partial charge in [-0.05, 0) is 58.0 Å². The van der Waals surface area contributed by atoms with Gasteiger partial charge in [-0.1, -0.05) is 6.92 Å². The summed E-state index contributed by atoms with van der Waals surface area (Å²) in [5, 5.41) is 8.05. The number of nitrogens with one attached hydrogen (secondary N) is 1. The first-order valence-electron chi connectivity index (χ1n) is 11.5. The lowest BCUT2D eigenvalue weighted by molar-refractivity contribution is 0.137. The van der Waals surface area contributed by atoms with Crippen LogP contribution in [-0.4, -0.2) is 76.1 Å². The highest BCUT2D eigenvalue weighted by Gasteiger charge is 2.32. The second-order valence-electron chi connectivity index (χ2n) is 8.30. The van der Waals surface area contributed by atoms with Crippen molar-refractivity contribution in [1.29, 1.82) is 0 Å². The number of aryl methyl sites for hydroxylation is 2. The maximum absolute atomic E-state index is 5.64. The van der Waals surface area contributed by atoms with E-state index in [9.17, 15) is 0 Å². The smallest absolute Gasteiger partial charge is 0.225 e. The molecule has 1 fully saturated rings. The number of likely N-dealkylation sites (tertiary alicyclic amines) is 1. The number of hydrogen-bond acceptors (Lipinski definition) is 8. The highest BCUT2D eigenvalue weighted by Crippen LogP contribution is 2.35. The van der Waals surface area contributed by atoms with Crippen LogP contribution in [0.2, 0.25) is 0 Å². The van der Waals surface area contributed by atoms with E-state index in [4.69, 9.17) is 24.8 Å². The Balaban J connectivity index is 1.94. The highest BCUT2D eigenvalue weighted by atomic mass is 16.5. The number of likely N-dealkylation sites (N-methyl/N-ethyl adjacent to an activating group) is 1. The lowest BCUT2D eigenvalue weighted by Crippen LogP contribution is -2.35. The number of hydrogen-bond donors (Lipinski definition) is 1. The molecule has 1 N–H and O–H groups in total. The van der Waals surface area contributed by atoms with Crippen LogP contribution < -0.4 is 10.2 Å². The van der Waals surface area contributed by atoms with Crippen LogP contribution in [0.1, 0.15) is 31.5 Å². The van der Waals surface area contributed by atoms with Gasteiger partial charge in [-0.25, -0.2) is 9.97 Å². The molecular formula is C23H34N8O. The fourth-order valence-corrected chi connectivity index (χ4v) is 4.34. The van der Waals surface area contributed by atoms with Crippen molar-refractivity contribution >= 4 is 28.6 Å². The Kier molecular flexibility index (Phi) is 6.86. The van der Waals surface area contributed by atoms with Crippen molar-refractivity contribution < 1.29 is 4.74 Å². The molecule has 0 saturated carbocycles. The van der Waals surface area contributed by atoms with Crippen LogP contribution >= 0.6 is 0 Å². The molecule has 9 nitrogen and oxygen atoms in total. The Hall–Kier alpha value is -2.78. The predicted octanol–water partition coefficient (Wildman–Crippen LogP) is 3.01. The third-order valence-corrected chi connectivity index (χ3v) is 5.96.